The van der Waals surface area contributed by atoms with Crippen molar-refractivity contribution in [3.05, 3.63) is 70.7 Å². The molecule has 22 heavy (non-hydrogen) atoms. The van der Waals surface area contributed by atoms with Crippen molar-refractivity contribution in [2.45, 2.75) is 24.4 Å². The number of nitrogens with one attached hydrogen (secondary N) is 1. The van der Waals surface area contributed by atoms with E-state index in [-0.39, 0.29) is 12.5 Å². The van der Waals surface area contributed by atoms with E-state index in [1.165, 1.54) is 0 Å². The number of halogens is 1. The van der Waals surface area contributed by atoms with Gasteiger partial charge >= 0.3 is 0 Å². The SMILES string of the molecule is O=C(NCC(O)c1ccccc1)C1(c2cccc(Cl)c2)CC1. The third-order valence-corrected chi connectivity index (χ3v) is 4.44. The van der Waals surface area contributed by atoms with E-state index in [2.05, 4.69) is 5.32 Å². The highest BCUT2D eigenvalue weighted by molar-refractivity contribution is 6.30. The summed E-state index contributed by atoms with van der Waals surface area (Å²) < 4.78 is 0. The number of amides is 1. The molecule has 1 amide bonds. The summed E-state index contributed by atoms with van der Waals surface area (Å²) in [4.78, 5) is 12.5. The van der Waals surface area contributed by atoms with E-state index < -0.39 is 11.5 Å². The fourth-order valence-electron chi connectivity index (χ4n) is 2.71. The highest BCUT2D eigenvalue weighted by atomic mass is 35.5. The van der Waals surface area contributed by atoms with Crippen LogP contribution in [0.15, 0.2) is 54.6 Å². The van der Waals surface area contributed by atoms with Crippen molar-refractivity contribution in [3.63, 3.8) is 0 Å². The van der Waals surface area contributed by atoms with Gasteiger partial charge in [0.2, 0.25) is 5.91 Å². The van der Waals surface area contributed by atoms with Crippen molar-refractivity contribution in [1.82, 2.24) is 5.32 Å². The second kappa shape index (κ2) is 6.11. The maximum absolute atomic E-state index is 12.5. The van der Waals surface area contributed by atoms with Crippen molar-refractivity contribution >= 4 is 17.5 Å². The van der Waals surface area contributed by atoms with Crippen molar-refractivity contribution in [2.24, 2.45) is 0 Å². The Bertz CT molecular complexity index is 668. The summed E-state index contributed by atoms with van der Waals surface area (Å²) in [5, 5.41) is 13.6. The molecule has 0 saturated heterocycles. The van der Waals surface area contributed by atoms with Gasteiger partial charge in [0.15, 0.2) is 0 Å². The molecular formula is C18H18ClNO2. The number of benzene rings is 2. The number of carbonyl (C=O) groups is 1. The average molecular weight is 316 g/mol. The predicted octanol–water partition coefficient (Wildman–Crippen LogP) is 3.22. The van der Waals surface area contributed by atoms with Crippen LogP contribution in [0, 0.1) is 0 Å². The molecule has 3 nitrogen and oxygen atoms in total. The van der Waals surface area contributed by atoms with Gasteiger partial charge in [-0.25, -0.2) is 0 Å². The van der Waals surface area contributed by atoms with Crippen LogP contribution in [0.3, 0.4) is 0 Å². The molecule has 0 aliphatic heterocycles. The summed E-state index contributed by atoms with van der Waals surface area (Å²) in [7, 11) is 0. The molecule has 2 aromatic rings. The summed E-state index contributed by atoms with van der Waals surface area (Å²) in [6.45, 7) is 0.213. The van der Waals surface area contributed by atoms with Crippen LogP contribution in [0.4, 0.5) is 0 Å². The molecule has 1 aliphatic rings. The lowest BCUT2D eigenvalue weighted by Crippen LogP contribution is -2.37. The Labute approximate surface area is 134 Å². The number of rotatable bonds is 5. The third kappa shape index (κ3) is 3.01. The summed E-state index contributed by atoms with van der Waals surface area (Å²) in [6.07, 6.45) is 0.946. The van der Waals surface area contributed by atoms with Gasteiger partial charge in [0.25, 0.3) is 0 Å². The Kier molecular flexibility index (Phi) is 4.19. The van der Waals surface area contributed by atoms with Gasteiger partial charge in [0.1, 0.15) is 0 Å². The Balaban J connectivity index is 1.65. The lowest BCUT2D eigenvalue weighted by molar-refractivity contribution is -0.124. The van der Waals surface area contributed by atoms with Crippen LogP contribution in [0.2, 0.25) is 5.02 Å². The van der Waals surface area contributed by atoms with Crippen molar-refractivity contribution in [1.29, 1.82) is 0 Å². The number of aliphatic hydroxyl groups is 1. The fraction of sp³-hybridized carbons (Fsp3) is 0.278. The zero-order chi connectivity index (χ0) is 15.6. The van der Waals surface area contributed by atoms with Crippen LogP contribution in [-0.4, -0.2) is 17.6 Å². The number of carbonyl (C=O) groups excluding carboxylic acids is 1. The van der Waals surface area contributed by atoms with Crippen molar-refractivity contribution < 1.29 is 9.90 Å². The Morgan fingerprint density at radius 3 is 2.55 bits per heavy atom. The zero-order valence-corrected chi connectivity index (χ0v) is 12.9. The van der Waals surface area contributed by atoms with Gasteiger partial charge in [0, 0.05) is 11.6 Å². The minimum absolute atomic E-state index is 0.0373. The molecule has 4 heteroatoms. The average Bonchev–Trinajstić information content (AvgIpc) is 3.35. The molecule has 0 radical (unpaired) electrons. The standard InChI is InChI=1S/C18H18ClNO2/c19-15-8-4-7-14(11-15)18(9-10-18)17(22)20-12-16(21)13-5-2-1-3-6-13/h1-8,11,16,21H,9-10,12H2,(H,20,22). The van der Waals surface area contributed by atoms with Crippen LogP contribution < -0.4 is 5.32 Å². The lowest BCUT2D eigenvalue weighted by atomic mass is 9.95. The summed E-state index contributed by atoms with van der Waals surface area (Å²) in [6, 6.07) is 16.8. The van der Waals surface area contributed by atoms with Gasteiger partial charge in [-0.05, 0) is 36.1 Å². The van der Waals surface area contributed by atoms with Gasteiger partial charge in [-0.2, -0.15) is 0 Å². The maximum Gasteiger partial charge on any atom is 0.230 e. The van der Waals surface area contributed by atoms with E-state index in [4.69, 9.17) is 11.6 Å². The Morgan fingerprint density at radius 1 is 1.18 bits per heavy atom. The first-order valence-corrected chi connectivity index (χ1v) is 7.77. The summed E-state index contributed by atoms with van der Waals surface area (Å²) in [5.41, 5.74) is 1.28. The van der Waals surface area contributed by atoms with E-state index in [1.807, 2.05) is 48.5 Å². The molecule has 1 aliphatic carbocycles. The second-order valence-corrected chi connectivity index (χ2v) is 6.17. The van der Waals surface area contributed by atoms with Crippen LogP contribution >= 0.6 is 11.6 Å². The highest BCUT2D eigenvalue weighted by Gasteiger charge is 2.51. The van der Waals surface area contributed by atoms with E-state index in [9.17, 15) is 9.90 Å². The van der Waals surface area contributed by atoms with Crippen LogP contribution in [-0.2, 0) is 10.2 Å². The molecule has 2 aromatic carbocycles. The smallest absolute Gasteiger partial charge is 0.230 e. The minimum atomic E-state index is -0.694. The maximum atomic E-state index is 12.5. The second-order valence-electron chi connectivity index (χ2n) is 5.73. The first kappa shape index (κ1) is 15.1. The molecule has 1 fully saturated rings. The molecule has 1 saturated carbocycles. The third-order valence-electron chi connectivity index (χ3n) is 4.20. The molecule has 0 aromatic heterocycles. The fourth-order valence-corrected chi connectivity index (χ4v) is 2.90. The van der Waals surface area contributed by atoms with E-state index in [1.54, 1.807) is 6.07 Å². The van der Waals surface area contributed by atoms with Crippen LogP contribution in [0.25, 0.3) is 0 Å². The monoisotopic (exact) mass is 315 g/mol. The number of aliphatic hydroxyl groups excluding tert-OH is 1. The normalized spacial score (nSPS) is 16.8. The zero-order valence-electron chi connectivity index (χ0n) is 12.1. The first-order chi connectivity index (χ1) is 10.6. The molecule has 0 heterocycles. The Hall–Kier alpha value is -1.84. The van der Waals surface area contributed by atoms with E-state index in [0.717, 1.165) is 24.0 Å². The van der Waals surface area contributed by atoms with Gasteiger partial charge in [0.05, 0.1) is 11.5 Å². The molecular weight excluding hydrogens is 298 g/mol. The van der Waals surface area contributed by atoms with Gasteiger partial charge in [-0.1, -0.05) is 54.1 Å². The van der Waals surface area contributed by atoms with Gasteiger partial charge in [-0.15, -0.1) is 0 Å². The predicted molar refractivity (Wildman–Crippen MR) is 86.8 cm³/mol. The largest absolute Gasteiger partial charge is 0.387 e. The first-order valence-electron chi connectivity index (χ1n) is 7.39. The van der Waals surface area contributed by atoms with Crippen molar-refractivity contribution in [2.75, 3.05) is 6.54 Å². The topological polar surface area (TPSA) is 49.3 Å². The van der Waals surface area contributed by atoms with Gasteiger partial charge < -0.3 is 10.4 Å². The van der Waals surface area contributed by atoms with Crippen LogP contribution in [0.1, 0.15) is 30.1 Å². The molecule has 0 spiro atoms. The Morgan fingerprint density at radius 2 is 1.91 bits per heavy atom. The van der Waals surface area contributed by atoms with E-state index >= 15 is 0 Å². The molecule has 3 rings (SSSR count). The number of hydrogen-bond acceptors (Lipinski definition) is 2. The highest BCUT2D eigenvalue weighted by Crippen LogP contribution is 2.48. The summed E-state index contributed by atoms with van der Waals surface area (Å²) in [5.74, 6) is -0.0373. The van der Waals surface area contributed by atoms with Gasteiger partial charge in [-0.3, -0.25) is 4.79 Å². The molecule has 2 N–H and O–H groups in total. The minimum Gasteiger partial charge on any atom is -0.387 e. The summed E-state index contributed by atoms with van der Waals surface area (Å²) >= 11 is 6.02. The molecule has 0 bridgehead atoms. The lowest BCUT2D eigenvalue weighted by Gasteiger charge is -2.18. The number of hydrogen-bond donors (Lipinski definition) is 2. The molecule has 114 valence electrons. The van der Waals surface area contributed by atoms with E-state index in [0.29, 0.717) is 5.02 Å². The quantitative estimate of drug-likeness (QED) is 0.890. The molecule has 1 atom stereocenters. The van der Waals surface area contributed by atoms with Crippen LogP contribution in [0.5, 0.6) is 0 Å². The molecule has 1 unspecified atom stereocenters. The van der Waals surface area contributed by atoms with Crippen molar-refractivity contribution in [3.8, 4) is 0 Å².